The van der Waals surface area contributed by atoms with Crippen LogP contribution in [0.2, 0.25) is 0 Å². The van der Waals surface area contributed by atoms with Gasteiger partial charge in [0.15, 0.2) is 0 Å². The quantitative estimate of drug-likeness (QED) is 0.336. The van der Waals surface area contributed by atoms with Crippen LogP contribution in [0.4, 0.5) is 0 Å². The van der Waals surface area contributed by atoms with Crippen LogP contribution in [0.1, 0.15) is 121 Å². The van der Waals surface area contributed by atoms with Crippen LogP contribution in [0.25, 0.3) is 11.1 Å². The van der Waals surface area contributed by atoms with E-state index in [0.29, 0.717) is 9.54 Å². The van der Waals surface area contributed by atoms with Gasteiger partial charge in [0.25, 0.3) is 0 Å². The molecule has 3 aromatic rings. The van der Waals surface area contributed by atoms with Crippen molar-refractivity contribution in [2.75, 3.05) is 0 Å². The molecule has 0 radical (unpaired) electrons. The number of benzene rings is 3. The van der Waals surface area contributed by atoms with Crippen LogP contribution in [-0.2, 0) is 32.1 Å². The summed E-state index contributed by atoms with van der Waals surface area (Å²) >= 11 is -2.65. The summed E-state index contributed by atoms with van der Waals surface area (Å²) in [6.45, 7) is 28.7. The molecule has 0 aliphatic heterocycles. The van der Waals surface area contributed by atoms with E-state index in [1.807, 2.05) is 3.28 Å². The minimum atomic E-state index is -2.65. The average Bonchev–Trinajstić information content (AvgIpc) is 3.39. The summed E-state index contributed by atoms with van der Waals surface area (Å²) < 4.78 is 4.04. The van der Waals surface area contributed by atoms with E-state index in [4.69, 9.17) is 0 Å². The zero-order chi connectivity index (χ0) is 30.8. The molecule has 0 heterocycles. The minimum Gasteiger partial charge on any atom is -1.00 e. The van der Waals surface area contributed by atoms with Crippen molar-refractivity contribution in [2.24, 2.45) is 11.3 Å². The van der Waals surface area contributed by atoms with Crippen molar-refractivity contribution >= 4 is 3.21 Å². The smallest absolute Gasteiger partial charge is 1.00 e. The van der Waals surface area contributed by atoms with E-state index in [-0.39, 0.29) is 41.1 Å². The molecule has 0 N–H and O–H groups in total. The van der Waals surface area contributed by atoms with Crippen molar-refractivity contribution in [1.82, 2.24) is 0 Å². The molecular weight excluding hydrogens is 655 g/mol. The molecule has 5 rings (SSSR count). The summed E-state index contributed by atoms with van der Waals surface area (Å²) in [6, 6.07) is 26.4. The second kappa shape index (κ2) is 13.3. The third kappa shape index (κ3) is 6.78. The Morgan fingerprint density at radius 2 is 1.16 bits per heavy atom. The molecule has 0 aromatic heterocycles. The Kier molecular flexibility index (Phi) is 11.2. The number of rotatable bonds is 4. The van der Waals surface area contributed by atoms with Gasteiger partial charge in [-0.2, -0.15) is 0 Å². The molecule has 44 heavy (non-hydrogen) atoms. The van der Waals surface area contributed by atoms with Gasteiger partial charge in [-0.3, -0.25) is 0 Å². The summed E-state index contributed by atoms with van der Waals surface area (Å²) in [5.41, 5.74) is 14.0. The monoisotopic (exact) mass is 704 g/mol. The van der Waals surface area contributed by atoms with Crippen molar-refractivity contribution in [3.05, 3.63) is 115 Å². The maximum absolute atomic E-state index is 2.65. The van der Waals surface area contributed by atoms with Gasteiger partial charge in [0, 0.05) is 0 Å². The summed E-state index contributed by atoms with van der Waals surface area (Å²) in [5, 5.41) is 0. The Balaban J connectivity index is 0.00000264. The molecule has 2 aliphatic rings. The van der Waals surface area contributed by atoms with Crippen LogP contribution in [0, 0.1) is 11.3 Å². The van der Waals surface area contributed by atoms with E-state index in [1.54, 1.807) is 25.5 Å². The molecule has 0 amide bonds. The molecule has 0 bridgehead atoms. The van der Waals surface area contributed by atoms with Gasteiger partial charge >= 0.3 is 266 Å². The van der Waals surface area contributed by atoms with Gasteiger partial charge in [0.1, 0.15) is 0 Å². The van der Waals surface area contributed by atoms with Gasteiger partial charge in [-0.1, -0.05) is 0 Å². The molecule has 2 aliphatic carbocycles. The molecule has 0 saturated carbocycles. The molecule has 234 valence electrons. The molecular formula is C41H52Cl2Zr. The Morgan fingerprint density at radius 1 is 0.682 bits per heavy atom. The maximum atomic E-state index is 2.62. The van der Waals surface area contributed by atoms with Gasteiger partial charge < -0.3 is 24.8 Å². The normalized spacial score (nSPS) is 17.0. The molecule has 0 spiro atoms. The van der Waals surface area contributed by atoms with Gasteiger partial charge in [-0.05, 0) is 0 Å². The second-order valence-electron chi connectivity index (χ2n) is 15.8. The molecule has 3 aromatic carbocycles. The number of halogens is 2. The number of hydrogen-bond donors (Lipinski definition) is 0. The zero-order valence-corrected chi connectivity index (χ0v) is 33.0. The van der Waals surface area contributed by atoms with E-state index < -0.39 is 21.3 Å². The Hall–Kier alpha value is -1.53. The molecule has 1 unspecified atom stereocenters. The van der Waals surface area contributed by atoms with E-state index in [1.165, 1.54) is 27.8 Å². The fourth-order valence-corrected chi connectivity index (χ4v) is 17.4. The number of hydrogen-bond acceptors (Lipinski definition) is 0. The Morgan fingerprint density at radius 3 is 1.55 bits per heavy atom. The van der Waals surface area contributed by atoms with Crippen molar-refractivity contribution in [1.29, 1.82) is 0 Å². The van der Waals surface area contributed by atoms with E-state index in [9.17, 15) is 0 Å². The summed E-state index contributed by atoms with van der Waals surface area (Å²) in [7, 11) is 0. The largest absolute Gasteiger partial charge is 1.00 e. The van der Waals surface area contributed by atoms with Crippen LogP contribution >= 0.6 is 0 Å². The predicted molar refractivity (Wildman–Crippen MR) is 181 cm³/mol. The molecule has 1 atom stereocenters. The molecule has 0 nitrogen and oxygen atoms in total. The van der Waals surface area contributed by atoms with Crippen LogP contribution in [0.15, 0.2) is 87.2 Å². The van der Waals surface area contributed by atoms with Gasteiger partial charge in [0.05, 0.1) is 0 Å². The standard InChI is InChI=1S/C21H25.C11H17.C9H10.2ClH.Zr/c1-20(2,3)16-7-9-18-14(12-16)11-15-13-17(21(4,5)6)8-10-19(15)18;1-8-6-9(2)10(7-8)11(3,4)5;1-2-6-9-7-4-3-5-8-9;;;/h7-13H,1-6H3;7-8H,1-5H3;3-5,7-8H,2H2,1H3;2*1H;/q;;;;;+2/p-2. The summed E-state index contributed by atoms with van der Waals surface area (Å²) in [6.07, 6.45) is 3.74. The number of allylic oxidation sites excluding steroid dienone is 4. The topological polar surface area (TPSA) is 0 Å². The predicted octanol–water partition coefficient (Wildman–Crippen LogP) is 5.50. The van der Waals surface area contributed by atoms with Crippen molar-refractivity contribution < 1.29 is 46.1 Å². The minimum absolute atomic E-state index is 0. The second-order valence-corrected chi connectivity index (χ2v) is 22.1. The number of fused-ring (bicyclic) bond motifs is 3. The average molecular weight is 707 g/mol. The maximum Gasteiger partial charge on any atom is -1.00 e. The fourth-order valence-electron chi connectivity index (χ4n) is 7.39. The first-order valence-corrected chi connectivity index (χ1v) is 19.9. The van der Waals surface area contributed by atoms with Gasteiger partial charge in [-0.15, -0.1) is 0 Å². The SMILES string of the molecule is CC/[C](c1ccccc1)=[Zr+2](/[C]1=C(C)C(C(C)(C)C)=CC1C)[CH]1c2cc(C(C)(C)C)ccc2-c2ccc(C(C)(C)C)cc21.[Cl-].[Cl-]. The first-order chi connectivity index (χ1) is 19.5. The molecule has 3 heteroatoms. The van der Waals surface area contributed by atoms with Crippen LogP contribution in [-0.4, -0.2) is 3.21 Å². The summed E-state index contributed by atoms with van der Waals surface area (Å²) in [5.74, 6) is 0.489. The van der Waals surface area contributed by atoms with E-state index in [0.717, 1.165) is 6.42 Å². The van der Waals surface area contributed by atoms with Crippen LogP contribution in [0.5, 0.6) is 0 Å². The van der Waals surface area contributed by atoms with Crippen molar-refractivity contribution in [3.8, 4) is 11.1 Å². The third-order valence-electron chi connectivity index (χ3n) is 9.62. The first-order valence-electron chi connectivity index (χ1n) is 16.1. The third-order valence-corrected chi connectivity index (χ3v) is 19.2. The zero-order valence-electron chi connectivity index (χ0n) is 29.0. The Labute approximate surface area is 288 Å². The van der Waals surface area contributed by atoms with E-state index >= 15 is 0 Å². The van der Waals surface area contributed by atoms with Gasteiger partial charge in [0.2, 0.25) is 0 Å². The molecule has 0 saturated heterocycles. The van der Waals surface area contributed by atoms with Crippen molar-refractivity contribution in [2.45, 2.75) is 104 Å². The molecule has 0 fully saturated rings. The van der Waals surface area contributed by atoms with Crippen LogP contribution in [0.3, 0.4) is 0 Å². The Bertz CT molecular complexity index is 1550. The van der Waals surface area contributed by atoms with Gasteiger partial charge in [-0.25, -0.2) is 0 Å². The fraction of sp³-hybridized carbons (Fsp3) is 0.439. The summed E-state index contributed by atoms with van der Waals surface area (Å²) in [4.78, 5) is 0. The van der Waals surface area contributed by atoms with Crippen LogP contribution < -0.4 is 24.8 Å². The first kappa shape index (κ1) is 36.9. The van der Waals surface area contributed by atoms with Crippen molar-refractivity contribution in [3.63, 3.8) is 0 Å². The van der Waals surface area contributed by atoms with E-state index in [2.05, 4.69) is 156 Å².